The number of fused-ring (bicyclic) bond motifs is 1. The molecule has 2 unspecified atom stereocenters. The summed E-state index contributed by atoms with van der Waals surface area (Å²) in [6.45, 7) is 7.34. The van der Waals surface area contributed by atoms with Crippen LogP contribution in [0.2, 0.25) is 0 Å². The molecule has 0 fully saturated rings. The molecule has 6 nitrogen and oxygen atoms in total. The summed E-state index contributed by atoms with van der Waals surface area (Å²) in [7, 11) is 1.68. The maximum absolute atomic E-state index is 12.1. The number of aliphatic hydroxyl groups is 1. The number of ether oxygens (including phenoxy) is 1. The Kier molecular flexibility index (Phi) is 6.45. The molecule has 0 saturated carbocycles. The van der Waals surface area contributed by atoms with Crippen LogP contribution in [-0.4, -0.2) is 41.6 Å². The third-order valence-corrected chi connectivity index (χ3v) is 4.85. The maximum atomic E-state index is 12.1. The van der Waals surface area contributed by atoms with Gasteiger partial charge in [-0.05, 0) is 36.4 Å². The zero-order valence-electron chi connectivity index (χ0n) is 15.5. The molecule has 138 valence electrons. The Morgan fingerprint density at radius 3 is 2.84 bits per heavy atom. The summed E-state index contributed by atoms with van der Waals surface area (Å²) in [6.07, 6.45) is 2.86. The quantitative estimate of drug-likeness (QED) is 0.686. The van der Waals surface area contributed by atoms with Crippen LogP contribution in [0.1, 0.15) is 27.2 Å². The van der Waals surface area contributed by atoms with Crippen molar-refractivity contribution < 1.29 is 14.6 Å². The molecule has 3 N–H and O–H groups in total. The molecule has 1 aromatic heterocycles. The summed E-state index contributed by atoms with van der Waals surface area (Å²) >= 11 is 0. The SMILES string of the molecule is CCC(C)C(C)(O)CNC(=O)Nc1ccc2ccn(CCOC)c2c1. The van der Waals surface area contributed by atoms with Crippen molar-refractivity contribution in [3.63, 3.8) is 0 Å². The number of carbonyl (C=O) groups is 1. The third kappa shape index (κ3) is 4.96. The molecule has 0 aliphatic heterocycles. The number of hydrogen-bond acceptors (Lipinski definition) is 3. The Balaban J connectivity index is 2.00. The van der Waals surface area contributed by atoms with Crippen molar-refractivity contribution in [2.45, 2.75) is 39.3 Å². The second-order valence-corrected chi connectivity index (χ2v) is 6.75. The van der Waals surface area contributed by atoms with Gasteiger partial charge < -0.3 is 25.0 Å². The summed E-state index contributed by atoms with van der Waals surface area (Å²) in [6, 6.07) is 7.51. The van der Waals surface area contributed by atoms with Gasteiger partial charge in [0.25, 0.3) is 0 Å². The van der Waals surface area contributed by atoms with Crippen LogP contribution in [0.3, 0.4) is 0 Å². The minimum absolute atomic E-state index is 0.105. The van der Waals surface area contributed by atoms with Gasteiger partial charge in [0, 0.05) is 32.1 Å². The van der Waals surface area contributed by atoms with Crippen LogP contribution in [0.15, 0.2) is 30.5 Å². The molecule has 0 spiro atoms. The number of nitrogens with one attached hydrogen (secondary N) is 2. The highest BCUT2D eigenvalue weighted by molar-refractivity contribution is 5.92. The van der Waals surface area contributed by atoms with E-state index >= 15 is 0 Å². The van der Waals surface area contributed by atoms with Crippen LogP contribution in [0.4, 0.5) is 10.5 Å². The van der Waals surface area contributed by atoms with Gasteiger partial charge in [0.15, 0.2) is 0 Å². The number of benzene rings is 1. The van der Waals surface area contributed by atoms with Gasteiger partial charge in [0.05, 0.1) is 17.7 Å². The van der Waals surface area contributed by atoms with E-state index in [1.807, 2.05) is 44.3 Å². The highest BCUT2D eigenvalue weighted by Gasteiger charge is 2.27. The fourth-order valence-electron chi connectivity index (χ4n) is 2.69. The zero-order valence-corrected chi connectivity index (χ0v) is 15.5. The second kappa shape index (κ2) is 8.36. The average molecular weight is 347 g/mol. The Morgan fingerprint density at radius 2 is 2.16 bits per heavy atom. The van der Waals surface area contributed by atoms with E-state index in [4.69, 9.17) is 4.74 Å². The molecular weight excluding hydrogens is 318 g/mol. The number of urea groups is 1. The van der Waals surface area contributed by atoms with Crippen LogP contribution >= 0.6 is 0 Å². The first kappa shape index (κ1) is 19.3. The molecule has 2 aromatic rings. The highest BCUT2D eigenvalue weighted by Crippen LogP contribution is 2.21. The largest absolute Gasteiger partial charge is 0.388 e. The Bertz CT molecular complexity index is 709. The maximum Gasteiger partial charge on any atom is 0.319 e. The topological polar surface area (TPSA) is 75.5 Å². The smallest absolute Gasteiger partial charge is 0.319 e. The molecule has 0 aliphatic rings. The van der Waals surface area contributed by atoms with Gasteiger partial charge in [-0.2, -0.15) is 0 Å². The zero-order chi connectivity index (χ0) is 18.4. The minimum Gasteiger partial charge on any atom is -0.388 e. The van der Waals surface area contributed by atoms with Crippen LogP contribution in [0.25, 0.3) is 10.9 Å². The van der Waals surface area contributed by atoms with Crippen molar-refractivity contribution in [2.75, 3.05) is 25.6 Å². The van der Waals surface area contributed by atoms with Gasteiger partial charge in [-0.1, -0.05) is 26.3 Å². The fourth-order valence-corrected chi connectivity index (χ4v) is 2.69. The molecule has 0 radical (unpaired) electrons. The number of carbonyl (C=O) groups excluding carboxylic acids is 1. The second-order valence-electron chi connectivity index (χ2n) is 6.75. The Hall–Kier alpha value is -2.05. The van der Waals surface area contributed by atoms with E-state index in [1.165, 1.54) is 0 Å². The molecule has 2 atom stereocenters. The first-order valence-electron chi connectivity index (χ1n) is 8.72. The number of rotatable bonds is 8. The van der Waals surface area contributed by atoms with Crippen molar-refractivity contribution in [2.24, 2.45) is 5.92 Å². The van der Waals surface area contributed by atoms with E-state index in [1.54, 1.807) is 14.0 Å². The van der Waals surface area contributed by atoms with E-state index in [0.29, 0.717) is 12.3 Å². The fraction of sp³-hybridized carbons (Fsp3) is 0.526. The molecule has 0 bridgehead atoms. The third-order valence-electron chi connectivity index (χ3n) is 4.85. The summed E-state index contributed by atoms with van der Waals surface area (Å²) in [4.78, 5) is 12.1. The highest BCUT2D eigenvalue weighted by atomic mass is 16.5. The van der Waals surface area contributed by atoms with Crippen LogP contribution in [-0.2, 0) is 11.3 Å². The summed E-state index contributed by atoms with van der Waals surface area (Å²) < 4.78 is 7.22. The van der Waals surface area contributed by atoms with Crippen LogP contribution in [0, 0.1) is 5.92 Å². The van der Waals surface area contributed by atoms with Gasteiger partial charge in [-0.15, -0.1) is 0 Å². The molecule has 2 amide bonds. The van der Waals surface area contributed by atoms with E-state index in [-0.39, 0.29) is 18.5 Å². The first-order valence-corrected chi connectivity index (χ1v) is 8.72. The number of anilines is 1. The predicted molar refractivity (Wildman–Crippen MR) is 101 cm³/mol. The molecule has 0 aliphatic carbocycles. The van der Waals surface area contributed by atoms with Gasteiger partial charge in [0.2, 0.25) is 0 Å². The molecule has 25 heavy (non-hydrogen) atoms. The monoisotopic (exact) mass is 347 g/mol. The van der Waals surface area contributed by atoms with E-state index in [2.05, 4.69) is 15.2 Å². The molecule has 2 rings (SSSR count). The van der Waals surface area contributed by atoms with Gasteiger partial charge >= 0.3 is 6.03 Å². The van der Waals surface area contributed by atoms with E-state index in [9.17, 15) is 9.90 Å². The molecule has 1 heterocycles. The molecule has 0 saturated heterocycles. The molecular formula is C19H29N3O3. The van der Waals surface area contributed by atoms with E-state index in [0.717, 1.165) is 23.9 Å². The lowest BCUT2D eigenvalue weighted by Gasteiger charge is -2.29. The van der Waals surface area contributed by atoms with Crippen molar-refractivity contribution in [1.29, 1.82) is 0 Å². The number of hydrogen-bond donors (Lipinski definition) is 3. The summed E-state index contributed by atoms with van der Waals surface area (Å²) in [5.41, 5.74) is 0.831. The van der Waals surface area contributed by atoms with E-state index < -0.39 is 5.60 Å². The Morgan fingerprint density at radius 1 is 1.40 bits per heavy atom. The van der Waals surface area contributed by atoms with Crippen LogP contribution < -0.4 is 10.6 Å². The number of nitrogens with zero attached hydrogens (tertiary/aromatic N) is 1. The van der Waals surface area contributed by atoms with Gasteiger partial charge in [-0.3, -0.25) is 0 Å². The van der Waals surface area contributed by atoms with Crippen LogP contribution in [0.5, 0.6) is 0 Å². The normalized spacial score (nSPS) is 14.9. The van der Waals surface area contributed by atoms with Crippen molar-refractivity contribution >= 4 is 22.6 Å². The van der Waals surface area contributed by atoms with Crippen molar-refractivity contribution in [1.82, 2.24) is 9.88 Å². The first-order chi connectivity index (χ1) is 11.9. The predicted octanol–water partition coefficient (Wildman–Crippen LogP) is 3.21. The summed E-state index contributed by atoms with van der Waals surface area (Å²) in [5, 5.41) is 17.1. The average Bonchev–Trinajstić information content (AvgIpc) is 2.99. The Labute approximate surface area is 149 Å². The lowest BCUT2D eigenvalue weighted by atomic mass is 9.89. The summed E-state index contributed by atoms with van der Waals surface area (Å²) in [5.74, 6) is 0.105. The molecule has 6 heteroatoms. The van der Waals surface area contributed by atoms with Gasteiger partial charge in [0.1, 0.15) is 0 Å². The lowest BCUT2D eigenvalue weighted by molar-refractivity contribution is 0.00827. The van der Waals surface area contributed by atoms with Crippen molar-refractivity contribution in [3.8, 4) is 0 Å². The molecule has 1 aromatic carbocycles. The lowest BCUT2D eigenvalue weighted by Crippen LogP contribution is -2.46. The minimum atomic E-state index is -0.926. The number of amides is 2. The number of methoxy groups -OCH3 is 1. The number of aromatic nitrogens is 1. The van der Waals surface area contributed by atoms with Crippen molar-refractivity contribution in [3.05, 3.63) is 30.5 Å². The van der Waals surface area contributed by atoms with Gasteiger partial charge in [-0.25, -0.2) is 4.79 Å². The standard InChI is InChI=1S/C19H29N3O3/c1-5-14(2)19(3,24)13-20-18(23)21-16-7-6-15-8-9-22(10-11-25-4)17(15)12-16/h6-9,12,14,24H,5,10-11,13H2,1-4H3,(H2,20,21,23).